The van der Waals surface area contributed by atoms with E-state index in [0.29, 0.717) is 0 Å². The standard InChI is InChI=1S/C17H16F3N/c18-17(19,20)14-8-6-13(7-9-14)16-11-10-15(21-16)12-4-2-1-3-5-12/h1-9,15-16,21H,10-11H2/t15-,16-/m1/s1. The third kappa shape index (κ3) is 3.10. The molecule has 1 aliphatic heterocycles. The zero-order valence-corrected chi connectivity index (χ0v) is 11.4. The highest BCUT2D eigenvalue weighted by atomic mass is 19.4. The van der Waals surface area contributed by atoms with E-state index in [1.807, 2.05) is 18.2 Å². The molecule has 1 nitrogen and oxygen atoms in total. The molecule has 110 valence electrons. The summed E-state index contributed by atoms with van der Waals surface area (Å²) in [4.78, 5) is 0. The van der Waals surface area contributed by atoms with Crippen molar-refractivity contribution in [3.05, 3.63) is 71.3 Å². The van der Waals surface area contributed by atoms with E-state index >= 15 is 0 Å². The van der Waals surface area contributed by atoms with Gasteiger partial charge in [-0.15, -0.1) is 0 Å². The van der Waals surface area contributed by atoms with Crippen LogP contribution in [0.1, 0.15) is 41.6 Å². The van der Waals surface area contributed by atoms with E-state index in [4.69, 9.17) is 0 Å². The molecule has 4 heteroatoms. The minimum absolute atomic E-state index is 0.123. The SMILES string of the molecule is FC(F)(F)c1ccc([C@H]2CC[C@H](c3ccccc3)N2)cc1. The number of rotatable bonds is 2. The summed E-state index contributed by atoms with van der Waals surface area (Å²) in [6.45, 7) is 0. The van der Waals surface area contributed by atoms with Crippen molar-refractivity contribution in [3.8, 4) is 0 Å². The lowest BCUT2D eigenvalue weighted by molar-refractivity contribution is -0.137. The average Bonchev–Trinajstić information content (AvgIpc) is 2.97. The molecule has 0 bridgehead atoms. The Morgan fingerprint density at radius 2 is 1.29 bits per heavy atom. The zero-order chi connectivity index (χ0) is 14.9. The van der Waals surface area contributed by atoms with Gasteiger partial charge in [0.15, 0.2) is 0 Å². The molecule has 3 rings (SSSR count). The smallest absolute Gasteiger partial charge is 0.303 e. The van der Waals surface area contributed by atoms with E-state index in [2.05, 4.69) is 17.4 Å². The van der Waals surface area contributed by atoms with Crippen LogP contribution in [0.5, 0.6) is 0 Å². The average molecular weight is 291 g/mol. The van der Waals surface area contributed by atoms with Gasteiger partial charge < -0.3 is 5.32 Å². The van der Waals surface area contributed by atoms with Crippen LogP contribution >= 0.6 is 0 Å². The molecule has 1 heterocycles. The van der Waals surface area contributed by atoms with Crippen molar-refractivity contribution in [2.75, 3.05) is 0 Å². The Hall–Kier alpha value is -1.81. The van der Waals surface area contributed by atoms with E-state index in [0.717, 1.165) is 30.5 Å². The maximum absolute atomic E-state index is 12.6. The topological polar surface area (TPSA) is 12.0 Å². The van der Waals surface area contributed by atoms with Crippen molar-refractivity contribution < 1.29 is 13.2 Å². The predicted octanol–water partition coefficient (Wildman–Crippen LogP) is 4.87. The summed E-state index contributed by atoms with van der Waals surface area (Å²) in [6, 6.07) is 16.0. The summed E-state index contributed by atoms with van der Waals surface area (Å²) in [6.07, 6.45) is -2.34. The second-order valence-corrected chi connectivity index (χ2v) is 5.38. The first kappa shape index (κ1) is 14.1. The number of nitrogens with one attached hydrogen (secondary N) is 1. The molecule has 21 heavy (non-hydrogen) atoms. The van der Waals surface area contributed by atoms with Gasteiger partial charge in [0.25, 0.3) is 0 Å². The zero-order valence-electron chi connectivity index (χ0n) is 11.4. The van der Waals surface area contributed by atoms with Crippen molar-refractivity contribution in [3.63, 3.8) is 0 Å². The third-order valence-corrected chi connectivity index (χ3v) is 3.99. The number of alkyl halides is 3. The van der Waals surface area contributed by atoms with Crippen LogP contribution in [0.2, 0.25) is 0 Å². The predicted molar refractivity (Wildman–Crippen MR) is 75.7 cm³/mol. The molecule has 0 amide bonds. The largest absolute Gasteiger partial charge is 0.416 e. The quantitative estimate of drug-likeness (QED) is 0.832. The van der Waals surface area contributed by atoms with Gasteiger partial charge in [-0.25, -0.2) is 0 Å². The van der Waals surface area contributed by atoms with Gasteiger partial charge in [0.05, 0.1) is 5.56 Å². The van der Waals surface area contributed by atoms with Gasteiger partial charge in [-0.1, -0.05) is 42.5 Å². The van der Waals surface area contributed by atoms with E-state index in [1.165, 1.54) is 5.56 Å². The third-order valence-electron chi connectivity index (χ3n) is 3.99. The highest BCUT2D eigenvalue weighted by Gasteiger charge is 2.31. The van der Waals surface area contributed by atoms with Crippen LogP contribution in [0, 0.1) is 0 Å². The normalized spacial score (nSPS) is 22.4. The van der Waals surface area contributed by atoms with Crippen LogP contribution in [0.3, 0.4) is 0 Å². The van der Waals surface area contributed by atoms with Crippen molar-refractivity contribution in [2.24, 2.45) is 0 Å². The number of hydrogen-bond donors (Lipinski definition) is 1. The van der Waals surface area contributed by atoms with Gasteiger partial charge >= 0.3 is 6.18 Å². The molecule has 2 aromatic rings. The van der Waals surface area contributed by atoms with Crippen LogP contribution in [-0.4, -0.2) is 0 Å². The summed E-state index contributed by atoms with van der Waals surface area (Å²) in [7, 11) is 0. The second kappa shape index (κ2) is 5.53. The molecule has 1 aliphatic rings. The molecule has 0 aromatic heterocycles. The Kier molecular flexibility index (Phi) is 3.72. The van der Waals surface area contributed by atoms with Crippen LogP contribution in [0.15, 0.2) is 54.6 Å². The van der Waals surface area contributed by atoms with Gasteiger partial charge in [0.2, 0.25) is 0 Å². The molecule has 2 aromatic carbocycles. The lowest BCUT2D eigenvalue weighted by atomic mass is 10.0. The molecule has 0 unspecified atom stereocenters. The fraction of sp³-hybridized carbons (Fsp3) is 0.294. The van der Waals surface area contributed by atoms with E-state index in [-0.39, 0.29) is 12.1 Å². The Labute approximate surface area is 121 Å². The molecule has 2 atom stereocenters. The van der Waals surface area contributed by atoms with E-state index in [9.17, 15) is 13.2 Å². The summed E-state index contributed by atoms with van der Waals surface area (Å²) >= 11 is 0. The van der Waals surface area contributed by atoms with E-state index < -0.39 is 11.7 Å². The summed E-state index contributed by atoms with van der Waals surface area (Å²) in [5.74, 6) is 0. The van der Waals surface area contributed by atoms with Crippen molar-refractivity contribution in [1.29, 1.82) is 0 Å². The maximum atomic E-state index is 12.6. The second-order valence-electron chi connectivity index (χ2n) is 5.38. The summed E-state index contributed by atoms with van der Waals surface area (Å²) < 4.78 is 37.7. The van der Waals surface area contributed by atoms with Gasteiger partial charge in [-0.05, 0) is 36.1 Å². The fourth-order valence-electron chi connectivity index (χ4n) is 2.86. The van der Waals surface area contributed by atoms with Crippen LogP contribution in [0.25, 0.3) is 0 Å². The van der Waals surface area contributed by atoms with Crippen molar-refractivity contribution >= 4 is 0 Å². The first-order valence-corrected chi connectivity index (χ1v) is 7.02. The van der Waals surface area contributed by atoms with Crippen LogP contribution in [-0.2, 0) is 6.18 Å². The Bertz CT molecular complexity index is 590. The molecule has 0 saturated carbocycles. The molecule has 0 spiro atoms. The first-order valence-electron chi connectivity index (χ1n) is 7.02. The Balaban J connectivity index is 1.72. The number of hydrogen-bond acceptors (Lipinski definition) is 1. The van der Waals surface area contributed by atoms with Gasteiger partial charge in [-0.3, -0.25) is 0 Å². The Morgan fingerprint density at radius 1 is 0.762 bits per heavy atom. The molecule has 0 radical (unpaired) electrons. The van der Waals surface area contributed by atoms with Crippen LogP contribution < -0.4 is 5.32 Å². The fourth-order valence-corrected chi connectivity index (χ4v) is 2.86. The van der Waals surface area contributed by atoms with Crippen LogP contribution in [0.4, 0.5) is 13.2 Å². The minimum atomic E-state index is -4.27. The minimum Gasteiger partial charge on any atom is -0.303 e. The summed E-state index contributed by atoms with van der Waals surface area (Å²) in [5, 5.41) is 3.50. The molecule has 1 fully saturated rings. The monoisotopic (exact) mass is 291 g/mol. The lowest BCUT2D eigenvalue weighted by Crippen LogP contribution is -2.17. The highest BCUT2D eigenvalue weighted by molar-refractivity contribution is 5.29. The van der Waals surface area contributed by atoms with E-state index in [1.54, 1.807) is 12.1 Å². The van der Waals surface area contributed by atoms with Crippen molar-refractivity contribution in [1.82, 2.24) is 5.32 Å². The van der Waals surface area contributed by atoms with Gasteiger partial charge in [0, 0.05) is 12.1 Å². The molecule has 0 aliphatic carbocycles. The molecular weight excluding hydrogens is 275 g/mol. The number of halogens is 3. The first-order chi connectivity index (χ1) is 10.0. The van der Waals surface area contributed by atoms with Crippen molar-refractivity contribution in [2.45, 2.75) is 31.1 Å². The maximum Gasteiger partial charge on any atom is 0.416 e. The molecule has 1 N–H and O–H groups in total. The highest BCUT2D eigenvalue weighted by Crippen LogP contribution is 2.36. The van der Waals surface area contributed by atoms with Gasteiger partial charge in [-0.2, -0.15) is 13.2 Å². The van der Waals surface area contributed by atoms with Gasteiger partial charge in [0.1, 0.15) is 0 Å². The summed E-state index contributed by atoms with van der Waals surface area (Å²) in [5.41, 5.74) is 1.55. The lowest BCUT2D eigenvalue weighted by Gasteiger charge is -2.16. The molecule has 1 saturated heterocycles. The molecular formula is C17H16F3N. The number of benzene rings is 2. The Morgan fingerprint density at radius 3 is 1.81 bits per heavy atom.